The largest absolute Gasteiger partial charge is 0.497 e. The molecular formula is C28H32N2O4S. The van der Waals surface area contributed by atoms with Crippen LogP contribution in [0.3, 0.4) is 0 Å². The third-order valence-corrected chi connectivity index (χ3v) is 7.12. The van der Waals surface area contributed by atoms with E-state index in [1.54, 1.807) is 12.0 Å². The van der Waals surface area contributed by atoms with Crippen LogP contribution in [0, 0.1) is 0 Å². The van der Waals surface area contributed by atoms with Crippen LogP contribution in [0.2, 0.25) is 0 Å². The number of nitrogens with zero attached hydrogens (tertiary/aromatic N) is 1. The molecule has 1 aliphatic rings. The average molecular weight is 493 g/mol. The molecule has 7 heteroatoms. The summed E-state index contributed by atoms with van der Waals surface area (Å²) in [6.07, 6.45) is 4.37. The van der Waals surface area contributed by atoms with E-state index in [1.165, 1.54) is 11.3 Å². The Bertz CT molecular complexity index is 1090. The van der Waals surface area contributed by atoms with Crippen LogP contribution in [0.15, 0.2) is 66.0 Å². The number of carbonyl (C=O) groups excluding carboxylic acids is 2. The van der Waals surface area contributed by atoms with Gasteiger partial charge >= 0.3 is 0 Å². The van der Waals surface area contributed by atoms with Crippen molar-refractivity contribution in [3.8, 4) is 11.5 Å². The fourth-order valence-corrected chi connectivity index (χ4v) is 5.20. The molecule has 6 nitrogen and oxygen atoms in total. The number of hydrogen-bond acceptors (Lipinski definition) is 5. The third kappa shape index (κ3) is 6.22. The Morgan fingerprint density at radius 1 is 1.03 bits per heavy atom. The number of rotatable bonds is 10. The van der Waals surface area contributed by atoms with Gasteiger partial charge in [-0.1, -0.05) is 31.0 Å². The zero-order chi connectivity index (χ0) is 24.6. The summed E-state index contributed by atoms with van der Waals surface area (Å²) in [5.74, 6) is 1.11. The van der Waals surface area contributed by atoms with Gasteiger partial charge in [0.25, 0.3) is 0 Å². The van der Waals surface area contributed by atoms with E-state index in [0.717, 1.165) is 41.9 Å². The van der Waals surface area contributed by atoms with Crippen molar-refractivity contribution in [3.63, 3.8) is 0 Å². The third-order valence-electron chi connectivity index (χ3n) is 6.24. The second-order valence-electron chi connectivity index (χ2n) is 8.61. The van der Waals surface area contributed by atoms with E-state index in [9.17, 15) is 9.59 Å². The first-order chi connectivity index (χ1) is 17.1. The molecule has 1 aromatic heterocycles. The maximum Gasteiger partial charge on any atom is 0.248 e. The lowest BCUT2D eigenvalue weighted by Gasteiger charge is -2.32. The Morgan fingerprint density at radius 2 is 1.71 bits per heavy atom. The van der Waals surface area contributed by atoms with Crippen molar-refractivity contribution in [2.45, 2.75) is 51.1 Å². The number of ether oxygens (including phenoxy) is 2. The summed E-state index contributed by atoms with van der Waals surface area (Å²) in [5.41, 5.74) is 1.38. The molecule has 2 amide bonds. The normalized spacial score (nSPS) is 14.3. The summed E-state index contributed by atoms with van der Waals surface area (Å²) >= 11 is 1.54. The molecule has 4 rings (SSSR count). The Hall–Kier alpha value is -3.32. The first-order valence-corrected chi connectivity index (χ1v) is 13.0. The SMILES string of the molecule is CCOc1ccc(N(C(=O)Cc2cccs2)[C@@H](C(=O)NC2CCCC2)c2ccc(OC)cc2)cc1. The van der Waals surface area contributed by atoms with Gasteiger partial charge < -0.3 is 14.8 Å². The van der Waals surface area contributed by atoms with Crippen LogP contribution in [-0.2, 0) is 16.0 Å². The van der Waals surface area contributed by atoms with E-state index in [-0.39, 0.29) is 24.3 Å². The van der Waals surface area contributed by atoms with Crippen LogP contribution in [0.4, 0.5) is 5.69 Å². The predicted octanol–water partition coefficient (Wildman–Crippen LogP) is 5.53. The van der Waals surface area contributed by atoms with Crippen molar-refractivity contribution in [1.29, 1.82) is 0 Å². The Balaban J connectivity index is 1.74. The molecule has 184 valence electrons. The van der Waals surface area contributed by atoms with Gasteiger partial charge in [0.15, 0.2) is 0 Å². The van der Waals surface area contributed by atoms with E-state index < -0.39 is 6.04 Å². The Kier molecular flexibility index (Phi) is 8.42. The summed E-state index contributed by atoms with van der Waals surface area (Å²) in [5, 5.41) is 5.17. The van der Waals surface area contributed by atoms with Crippen LogP contribution < -0.4 is 19.7 Å². The minimum Gasteiger partial charge on any atom is -0.497 e. The molecule has 0 radical (unpaired) electrons. The number of carbonyl (C=O) groups is 2. The molecule has 1 aliphatic carbocycles. The van der Waals surface area contributed by atoms with Crippen molar-refractivity contribution >= 4 is 28.8 Å². The van der Waals surface area contributed by atoms with Crippen molar-refractivity contribution in [2.75, 3.05) is 18.6 Å². The number of nitrogens with one attached hydrogen (secondary N) is 1. The van der Waals surface area contributed by atoms with Crippen LogP contribution >= 0.6 is 11.3 Å². The van der Waals surface area contributed by atoms with E-state index >= 15 is 0 Å². The van der Waals surface area contributed by atoms with Crippen molar-refractivity contribution in [3.05, 3.63) is 76.5 Å². The minimum absolute atomic E-state index is 0.137. The topological polar surface area (TPSA) is 67.9 Å². The first kappa shape index (κ1) is 24.8. The van der Waals surface area contributed by atoms with E-state index in [2.05, 4.69) is 5.32 Å². The highest BCUT2D eigenvalue weighted by atomic mass is 32.1. The second kappa shape index (κ2) is 11.9. The highest BCUT2D eigenvalue weighted by Crippen LogP contribution is 2.32. The number of benzene rings is 2. The fraction of sp³-hybridized carbons (Fsp3) is 0.357. The molecule has 35 heavy (non-hydrogen) atoms. The highest BCUT2D eigenvalue weighted by Gasteiger charge is 2.34. The smallest absolute Gasteiger partial charge is 0.248 e. The lowest BCUT2D eigenvalue weighted by Crippen LogP contribution is -2.46. The number of amides is 2. The number of anilines is 1. The van der Waals surface area contributed by atoms with Gasteiger partial charge in [0.05, 0.1) is 20.1 Å². The zero-order valence-corrected chi connectivity index (χ0v) is 21.1. The molecule has 0 unspecified atom stereocenters. The van der Waals surface area contributed by atoms with Crippen LogP contribution in [0.1, 0.15) is 49.1 Å². The van der Waals surface area contributed by atoms with Crippen LogP contribution in [-0.4, -0.2) is 31.6 Å². The van der Waals surface area contributed by atoms with Gasteiger partial charge in [0, 0.05) is 16.6 Å². The number of hydrogen-bond donors (Lipinski definition) is 1. The van der Waals surface area contributed by atoms with Gasteiger partial charge in [-0.05, 0) is 73.2 Å². The molecule has 1 saturated carbocycles. The molecule has 0 spiro atoms. The number of thiophene rings is 1. The van der Waals surface area contributed by atoms with Crippen LogP contribution in [0.5, 0.6) is 11.5 Å². The molecule has 0 bridgehead atoms. The lowest BCUT2D eigenvalue weighted by atomic mass is 10.0. The van der Waals surface area contributed by atoms with E-state index in [4.69, 9.17) is 9.47 Å². The quantitative estimate of drug-likeness (QED) is 0.404. The summed E-state index contributed by atoms with van der Waals surface area (Å²) < 4.78 is 10.9. The van der Waals surface area contributed by atoms with Gasteiger partial charge in [-0.3, -0.25) is 14.5 Å². The number of methoxy groups -OCH3 is 1. The zero-order valence-electron chi connectivity index (χ0n) is 20.2. The second-order valence-corrected chi connectivity index (χ2v) is 9.64. The molecular weight excluding hydrogens is 460 g/mol. The monoisotopic (exact) mass is 492 g/mol. The first-order valence-electron chi connectivity index (χ1n) is 12.1. The summed E-state index contributed by atoms with van der Waals surface area (Å²) in [6, 6.07) is 17.9. The van der Waals surface area contributed by atoms with E-state index in [1.807, 2.05) is 73.0 Å². The Labute approximate surface area is 210 Å². The Morgan fingerprint density at radius 3 is 2.31 bits per heavy atom. The van der Waals surface area contributed by atoms with Crippen molar-refractivity contribution in [1.82, 2.24) is 5.32 Å². The van der Waals surface area contributed by atoms with Crippen molar-refractivity contribution in [2.24, 2.45) is 0 Å². The molecule has 2 aromatic carbocycles. The molecule has 0 aliphatic heterocycles. The predicted molar refractivity (Wildman–Crippen MR) is 139 cm³/mol. The van der Waals surface area contributed by atoms with Gasteiger partial charge in [0.2, 0.25) is 11.8 Å². The molecule has 0 saturated heterocycles. The van der Waals surface area contributed by atoms with Gasteiger partial charge in [-0.2, -0.15) is 0 Å². The van der Waals surface area contributed by atoms with Crippen molar-refractivity contribution < 1.29 is 19.1 Å². The maximum atomic E-state index is 13.8. The maximum absolute atomic E-state index is 13.8. The summed E-state index contributed by atoms with van der Waals surface area (Å²) in [6.45, 7) is 2.48. The summed E-state index contributed by atoms with van der Waals surface area (Å²) in [7, 11) is 1.61. The van der Waals surface area contributed by atoms with Gasteiger partial charge in [0.1, 0.15) is 17.5 Å². The van der Waals surface area contributed by atoms with Gasteiger partial charge in [-0.25, -0.2) is 0 Å². The molecule has 1 heterocycles. The molecule has 1 N–H and O–H groups in total. The average Bonchev–Trinajstić information content (AvgIpc) is 3.58. The van der Waals surface area contributed by atoms with E-state index in [0.29, 0.717) is 18.0 Å². The lowest BCUT2D eigenvalue weighted by molar-refractivity contribution is -0.127. The highest BCUT2D eigenvalue weighted by molar-refractivity contribution is 7.10. The molecule has 1 atom stereocenters. The molecule has 3 aromatic rings. The minimum atomic E-state index is -0.813. The molecule has 1 fully saturated rings. The fourth-order valence-electron chi connectivity index (χ4n) is 4.51. The standard InChI is InChI=1S/C28H32N2O4S/c1-3-34-24-16-12-22(13-17-24)30(26(31)19-25-9-6-18-35-25)27(20-10-14-23(33-2)15-11-20)28(32)29-21-7-4-5-8-21/h6,9-18,21,27H,3-5,7-8,19H2,1-2H3,(H,29,32)/t27-/m1/s1. The summed E-state index contributed by atoms with van der Waals surface area (Å²) in [4.78, 5) is 30.2. The van der Waals surface area contributed by atoms with Crippen LogP contribution in [0.25, 0.3) is 0 Å². The van der Waals surface area contributed by atoms with Gasteiger partial charge in [-0.15, -0.1) is 11.3 Å².